The van der Waals surface area contributed by atoms with E-state index in [4.69, 9.17) is 17.4 Å². The third-order valence-electron chi connectivity index (χ3n) is 4.66. The van der Waals surface area contributed by atoms with Crippen molar-refractivity contribution in [2.75, 3.05) is 0 Å². The maximum absolute atomic E-state index is 14.0. The van der Waals surface area contributed by atoms with E-state index in [1.807, 2.05) is 0 Å². The molecule has 1 fully saturated rings. The normalized spacial score (nSPS) is 24.6. The van der Waals surface area contributed by atoms with Crippen LogP contribution in [0.4, 0.5) is 4.39 Å². The SMILES string of the molecule is CCC1CCCC(C(Cc2cccc(Cl)c2F)NN)C1. The van der Waals surface area contributed by atoms with E-state index in [0.717, 1.165) is 5.92 Å². The molecule has 112 valence electrons. The van der Waals surface area contributed by atoms with Gasteiger partial charge < -0.3 is 0 Å². The van der Waals surface area contributed by atoms with Crippen molar-refractivity contribution in [1.29, 1.82) is 0 Å². The van der Waals surface area contributed by atoms with Crippen LogP contribution in [-0.4, -0.2) is 6.04 Å². The van der Waals surface area contributed by atoms with Gasteiger partial charge in [-0.15, -0.1) is 0 Å². The molecule has 0 bridgehead atoms. The molecule has 3 unspecified atom stereocenters. The Balaban J connectivity index is 2.06. The molecule has 0 saturated heterocycles. The molecule has 2 nitrogen and oxygen atoms in total. The molecule has 3 atom stereocenters. The molecule has 0 amide bonds. The standard InChI is InChI=1S/C16H24ClFN2/c1-2-11-5-3-6-12(9-11)15(20-19)10-13-7-4-8-14(17)16(13)18/h4,7-8,11-12,15,20H,2-3,5-6,9-10,19H2,1H3. The lowest BCUT2D eigenvalue weighted by molar-refractivity contribution is 0.207. The molecule has 0 radical (unpaired) electrons. The first-order chi connectivity index (χ1) is 9.65. The van der Waals surface area contributed by atoms with Crippen molar-refractivity contribution < 1.29 is 4.39 Å². The van der Waals surface area contributed by atoms with E-state index in [2.05, 4.69) is 12.3 Å². The summed E-state index contributed by atoms with van der Waals surface area (Å²) in [6.45, 7) is 2.24. The van der Waals surface area contributed by atoms with Crippen LogP contribution in [0.3, 0.4) is 0 Å². The van der Waals surface area contributed by atoms with Gasteiger partial charge in [0.2, 0.25) is 0 Å². The minimum absolute atomic E-state index is 0.123. The van der Waals surface area contributed by atoms with Gasteiger partial charge in [0.1, 0.15) is 5.82 Å². The van der Waals surface area contributed by atoms with Crippen LogP contribution in [0.1, 0.15) is 44.6 Å². The van der Waals surface area contributed by atoms with Crippen molar-refractivity contribution in [1.82, 2.24) is 5.43 Å². The summed E-state index contributed by atoms with van der Waals surface area (Å²) in [5.41, 5.74) is 3.55. The van der Waals surface area contributed by atoms with Gasteiger partial charge in [-0.05, 0) is 42.7 Å². The first kappa shape index (κ1) is 15.7. The first-order valence-corrected chi connectivity index (χ1v) is 7.92. The highest BCUT2D eigenvalue weighted by Gasteiger charge is 2.28. The second-order valence-electron chi connectivity index (χ2n) is 5.89. The summed E-state index contributed by atoms with van der Waals surface area (Å²) in [4.78, 5) is 0. The number of hydrogen-bond acceptors (Lipinski definition) is 2. The molecule has 20 heavy (non-hydrogen) atoms. The zero-order valence-electron chi connectivity index (χ0n) is 12.0. The Kier molecular flexibility index (Phi) is 5.82. The summed E-state index contributed by atoms with van der Waals surface area (Å²) < 4.78 is 14.0. The van der Waals surface area contributed by atoms with Crippen molar-refractivity contribution in [3.05, 3.63) is 34.6 Å². The van der Waals surface area contributed by atoms with Gasteiger partial charge >= 0.3 is 0 Å². The van der Waals surface area contributed by atoms with Crippen molar-refractivity contribution >= 4 is 11.6 Å². The maximum Gasteiger partial charge on any atom is 0.145 e. The zero-order chi connectivity index (χ0) is 14.5. The van der Waals surface area contributed by atoms with Gasteiger partial charge in [0.15, 0.2) is 0 Å². The van der Waals surface area contributed by atoms with E-state index in [9.17, 15) is 4.39 Å². The summed E-state index contributed by atoms with van der Waals surface area (Å²) in [5, 5.41) is 0.188. The van der Waals surface area contributed by atoms with Crippen LogP contribution in [-0.2, 0) is 6.42 Å². The Labute approximate surface area is 125 Å². The molecule has 1 aliphatic rings. The van der Waals surface area contributed by atoms with Crippen LogP contribution in [0.2, 0.25) is 5.02 Å². The molecule has 1 aliphatic carbocycles. The van der Waals surface area contributed by atoms with Gasteiger partial charge in [0, 0.05) is 6.04 Å². The molecule has 0 aromatic heterocycles. The first-order valence-electron chi connectivity index (χ1n) is 7.54. The van der Waals surface area contributed by atoms with E-state index in [1.165, 1.54) is 32.1 Å². The van der Waals surface area contributed by atoms with E-state index in [0.29, 0.717) is 17.9 Å². The number of halogens is 2. The molecule has 0 aliphatic heterocycles. The molecule has 1 aromatic rings. The number of rotatable bonds is 5. The van der Waals surface area contributed by atoms with Gasteiger partial charge in [-0.2, -0.15) is 0 Å². The summed E-state index contributed by atoms with van der Waals surface area (Å²) in [5.74, 6) is 6.72. The molecule has 0 spiro atoms. The van der Waals surface area contributed by atoms with E-state index in [1.54, 1.807) is 18.2 Å². The van der Waals surface area contributed by atoms with Gasteiger partial charge in [0.05, 0.1) is 5.02 Å². The van der Waals surface area contributed by atoms with Crippen LogP contribution in [0.5, 0.6) is 0 Å². The smallest absolute Gasteiger partial charge is 0.145 e. The Morgan fingerprint density at radius 2 is 2.25 bits per heavy atom. The van der Waals surface area contributed by atoms with Crippen LogP contribution in [0, 0.1) is 17.7 Å². The molecule has 0 heterocycles. The van der Waals surface area contributed by atoms with Gasteiger partial charge in [-0.25, -0.2) is 4.39 Å². The third-order valence-corrected chi connectivity index (χ3v) is 4.95. The fraction of sp³-hybridized carbons (Fsp3) is 0.625. The number of hydrazine groups is 1. The molecular weight excluding hydrogens is 275 g/mol. The van der Waals surface area contributed by atoms with E-state index in [-0.39, 0.29) is 16.9 Å². The van der Waals surface area contributed by atoms with Crippen LogP contribution < -0.4 is 11.3 Å². The summed E-state index contributed by atoms with van der Waals surface area (Å²) >= 11 is 5.85. The highest BCUT2D eigenvalue weighted by Crippen LogP contribution is 2.34. The molecule has 3 N–H and O–H groups in total. The predicted octanol–water partition coefficient (Wildman–Crippen LogP) is 4.07. The van der Waals surface area contributed by atoms with Gasteiger partial charge in [-0.1, -0.05) is 49.9 Å². The predicted molar refractivity (Wildman–Crippen MR) is 82.0 cm³/mol. The molecular formula is C16H24ClFN2. The number of hydrogen-bond donors (Lipinski definition) is 2. The van der Waals surface area contributed by atoms with Crippen LogP contribution in [0.25, 0.3) is 0 Å². The van der Waals surface area contributed by atoms with Crippen molar-refractivity contribution in [2.45, 2.75) is 51.5 Å². The van der Waals surface area contributed by atoms with Gasteiger partial charge in [-0.3, -0.25) is 11.3 Å². The summed E-state index contributed by atoms with van der Waals surface area (Å²) in [7, 11) is 0. The molecule has 2 rings (SSSR count). The van der Waals surface area contributed by atoms with Crippen molar-refractivity contribution in [3.8, 4) is 0 Å². The average Bonchev–Trinajstić information content (AvgIpc) is 2.49. The van der Waals surface area contributed by atoms with E-state index >= 15 is 0 Å². The van der Waals surface area contributed by atoms with Crippen molar-refractivity contribution in [3.63, 3.8) is 0 Å². The number of benzene rings is 1. The third kappa shape index (κ3) is 3.72. The topological polar surface area (TPSA) is 38.0 Å². The Morgan fingerprint density at radius 1 is 1.45 bits per heavy atom. The monoisotopic (exact) mass is 298 g/mol. The highest BCUT2D eigenvalue weighted by atomic mass is 35.5. The minimum Gasteiger partial charge on any atom is -0.271 e. The Hall–Kier alpha value is -0.640. The summed E-state index contributed by atoms with van der Waals surface area (Å²) in [6.07, 6.45) is 6.75. The maximum atomic E-state index is 14.0. The molecule has 4 heteroatoms. The lowest BCUT2D eigenvalue weighted by Crippen LogP contribution is -2.44. The fourth-order valence-electron chi connectivity index (χ4n) is 3.37. The largest absolute Gasteiger partial charge is 0.271 e. The number of nitrogens with one attached hydrogen (secondary N) is 1. The molecule has 1 saturated carbocycles. The highest BCUT2D eigenvalue weighted by molar-refractivity contribution is 6.30. The molecule has 1 aromatic carbocycles. The summed E-state index contributed by atoms with van der Waals surface area (Å²) in [6, 6.07) is 5.30. The second-order valence-corrected chi connectivity index (χ2v) is 6.30. The zero-order valence-corrected chi connectivity index (χ0v) is 12.8. The van der Waals surface area contributed by atoms with Crippen molar-refractivity contribution in [2.24, 2.45) is 17.7 Å². The average molecular weight is 299 g/mol. The second kappa shape index (κ2) is 7.39. The lowest BCUT2D eigenvalue weighted by Gasteiger charge is -2.34. The fourth-order valence-corrected chi connectivity index (χ4v) is 3.57. The lowest BCUT2D eigenvalue weighted by atomic mass is 9.75. The Bertz CT molecular complexity index is 438. The van der Waals surface area contributed by atoms with Crippen LogP contribution >= 0.6 is 11.6 Å². The Morgan fingerprint density at radius 3 is 2.95 bits per heavy atom. The van der Waals surface area contributed by atoms with E-state index < -0.39 is 0 Å². The van der Waals surface area contributed by atoms with Gasteiger partial charge in [0.25, 0.3) is 0 Å². The quantitative estimate of drug-likeness (QED) is 0.635. The number of nitrogens with two attached hydrogens (primary N) is 1. The van der Waals surface area contributed by atoms with Crippen LogP contribution in [0.15, 0.2) is 18.2 Å². The minimum atomic E-state index is -0.308.